The van der Waals surface area contributed by atoms with Gasteiger partial charge in [0.25, 0.3) is 0 Å². The van der Waals surface area contributed by atoms with Gasteiger partial charge >= 0.3 is 0 Å². The molecule has 0 aliphatic heterocycles. The number of aromatic nitrogens is 2. The van der Waals surface area contributed by atoms with Crippen LogP contribution in [0.3, 0.4) is 0 Å². The fraction of sp³-hybridized carbons (Fsp3) is 0.467. The fourth-order valence-electron chi connectivity index (χ4n) is 2.39. The van der Waals surface area contributed by atoms with E-state index in [4.69, 9.17) is 4.74 Å². The first kappa shape index (κ1) is 14.5. The van der Waals surface area contributed by atoms with E-state index in [1.165, 1.54) is 0 Å². The highest BCUT2D eigenvalue weighted by Gasteiger charge is 2.18. The first-order chi connectivity index (χ1) is 9.71. The molecule has 0 bridgehead atoms. The van der Waals surface area contributed by atoms with Crippen molar-refractivity contribution in [3.8, 4) is 0 Å². The molecule has 0 amide bonds. The van der Waals surface area contributed by atoms with Gasteiger partial charge in [0.1, 0.15) is 5.82 Å². The summed E-state index contributed by atoms with van der Waals surface area (Å²) in [4.78, 5) is 11.4. The Labute approximate surface area is 120 Å². The van der Waals surface area contributed by atoms with Crippen LogP contribution in [0, 0.1) is 0 Å². The lowest BCUT2D eigenvalue weighted by Crippen LogP contribution is -2.37. The molecule has 0 spiro atoms. The maximum atomic E-state index is 5.28. The Bertz CT molecular complexity index is 573. The summed E-state index contributed by atoms with van der Waals surface area (Å²) in [7, 11) is 3.56. The van der Waals surface area contributed by atoms with Gasteiger partial charge in [-0.3, -0.25) is 0 Å². The largest absolute Gasteiger partial charge is 0.383 e. The van der Waals surface area contributed by atoms with Crippen LogP contribution < -0.4 is 10.2 Å². The number of methoxy groups -OCH3 is 1. The Morgan fingerprint density at radius 1 is 1.30 bits per heavy atom. The Morgan fingerprint density at radius 2 is 2.05 bits per heavy atom. The predicted octanol–water partition coefficient (Wildman–Crippen LogP) is 2.53. The van der Waals surface area contributed by atoms with Crippen molar-refractivity contribution in [1.82, 2.24) is 9.97 Å². The van der Waals surface area contributed by atoms with E-state index in [0.717, 1.165) is 23.3 Å². The van der Waals surface area contributed by atoms with Gasteiger partial charge in [-0.2, -0.15) is 4.98 Å². The van der Waals surface area contributed by atoms with Crippen LogP contribution in [0.25, 0.3) is 10.9 Å². The number of ether oxygens (including phenoxy) is 1. The quantitative estimate of drug-likeness (QED) is 0.877. The topological polar surface area (TPSA) is 50.3 Å². The first-order valence-corrected chi connectivity index (χ1v) is 6.91. The molecule has 1 aromatic carbocycles. The number of para-hydroxylation sites is 1. The summed E-state index contributed by atoms with van der Waals surface area (Å²) in [6.45, 7) is 5.81. The average Bonchev–Trinajstić information content (AvgIpc) is 2.48. The summed E-state index contributed by atoms with van der Waals surface area (Å²) in [6, 6.07) is 8.34. The molecule has 1 aromatic heterocycles. The Balaban J connectivity index is 2.55. The molecule has 5 heteroatoms. The van der Waals surface area contributed by atoms with Crippen molar-refractivity contribution < 1.29 is 4.74 Å². The molecular weight excluding hydrogens is 252 g/mol. The van der Waals surface area contributed by atoms with Gasteiger partial charge in [-0.05, 0) is 26.0 Å². The van der Waals surface area contributed by atoms with E-state index in [-0.39, 0.29) is 6.04 Å². The lowest BCUT2D eigenvalue weighted by atomic mass is 10.2. The maximum Gasteiger partial charge on any atom is 0.224 e. The van der Waals surface area contributed by atoms with Crippen molar-refractivity contribution in [2.45, 2.75) is 19.9 Å². The van der Waals surface area contributed by atoms with Crippen LogP contribution in [0.15, 0.2) is 24.3 Å². The van der Waals surface area contributed by atoms with Crippen LogP contribution in [0.2, 0.25) is 0 Å². The Morgan fingerprint density at radius 3 is 2.70 bits per heavy atom. The average molecular weight is 274 g/mol. The van der Waals surface area contributed by atoms with Gasteiger partial charge < -0.3 is 15.0 Å². The van der Waals surface area contributed by atoms with E-state index in [0.29, 0.717) is 12.6 Å². The van der Waals surface area contributed by atoms with Crippen molar-refractivity contribution in [3.05, 3.63) is 24.3 Å². The number of fused-ring (bicyclic) bond motifs is 1. The van der Waals surface area contributed by atoms with Gasteiger partial charge in [0.05, 0.1) is 18.2 Å². The number of hydrogen-bond donors (Lipinski definition) is 1. The second-order valence-electron chi connectivity index (χ2n) is 4.73. The fourth-order valence-corrected chi connectivity index (χ4v) is 2.39. The van der Waals surface area contributed by atoms with Gasteiger partial charge in [0.2, 0.25) is 5.95 Å². The monoisotopic (exact) mass is 274 g/mol. The number of anilines is 2. The third-order valence-electron chi connectivity index (χ3n) is 3.36. The molecule has 0 aliphatic rings. The number of nitrogens with one attached hydrogen (secondary N) is 1. The van der Waals surface area contributed by atoms with E-state index in [9.17, 15) is 0 Å². The van der Waals surface area contributed by atoms with Crippen molar-refractivity contribution in [1.29, 1.82) is 0 Å². The molecule has 5 nitrogen and oxygen atoms in total. The zero-order valence-electron chi connectivity index (χ0n) is 12.6. The molecule has 1 heterocycles. The second-order valence-corrected chi connectivity index (χ2v) is 4.73. The number of hydrogen-bond acceptors (Lipinski definition) is 5. The summed E-state index contributed by atoms with van der Waals surface area (Å²) < 4.78 is 5.28. The lowest BCUT2D eigenvalue weighted by Gasteiger charge is -2.29. The van der Waals surface area contributed by atoms with E-state index in [1.54, 1.807) is 7.11 Å². The Kier molecular flexibility index (Phi) is 4.74. The first-order valence-electron chi connectivity index (χ1n) is 6.91. The van der Waals surface area contributed by atoms with E-state index in [1.807, 2.05) is 25.2 Å². The molecule has 0 aliphatic carbocycles. The van der Waals surface area contributed by atoms with Gasteiger partial charge in [0.15, 0.2) is 0 Å². The SMILES string of the molecule is CCN(c1nc(NC)nc2ccccc12)C(C)COC. The van der Waals surface area contributed by atoms with Crippen LogP contribution in [-0.4, -0.2) is 43.3 Å². The highest BCUT2D eigenvalue weighted by molar-refractivity contribution is 5.90. The van der Waals surface area contributed by atoms with Crippen LogP contribution in [0.5, 0.6) is 0 Å². The van der Waals surface area contributed by atoms with Crippen LogP contribution in [0.4, 0.5) is 11.8 Å². The highest BCUT2D eigenvalue weighted by atomic mass is 16.5. The number of likely N-dealkylation sites (N-methyl/N-ethyl adjacent to an activating group) is 1. The van der Waals surface area contributed by atoms with Gasteiger partial charge in [-0.25, -0.2) is 4.98 Å². The minimum absolute atomic E-state index is 0.257. The molecule has 0 fully saturated rings. The van der Waals surface area contributed by atoms with Gasteiger partial charge in [-0.1, -0.05) is 12.1 Å². The third-order valence-corrected chi connectivity index (χ3v) is 3.36. The van der Waals surface area contributed by atoms with E-state index < -0.39 is 0 Å². The predicted molar refractivity (Wildman–Crippen MR) is 83.4 cm³/mol. The zero-order valence-corrected chi connectivity index (χ0v) is 12.6. The lowest BCUT2D eigenvalue weighted by molar-refractivity contribution is 0.182. The zero-order chi connectivity index (χ0) is 14.5. The second kappa shape index (κ2) is 6.52. The molecule has 0 saturated carbocycles. The molecule has 108 valence electrons. The van der Waals surface area contributed by atoms with Crippen LogP contribution in [0.1, 0.15) is 13.8 Å². The summed E-state index contributed by atoms with van der Waals surface area (Å²) in [5.74, 6) is 1.59. The number of benzene rings is 1. The van der Waals surface area contributed by atoms with Crippen molar-refractivity contribution in [3.63, 3.8) is 0 Å². The maximum absolute atomic E-state index is 5.28. The summed E-state index contributed by atoms with van der Waals surface area (Å²) in [5.41, 5.74) is 0.949. The van der Waals surface area contributed by atoms with E-state index in [2.05, 4.69) is 40.1 Å². The third kappa shape index (κ3) is 2.82. The molecule has 2 rings (SSSR count). The molecule has 1 unspecified atom stereocenters. The highest BCUT2D eigenvalue weighted by Crippen LogP contribution is 2.26. The minimum atomic E-state index is 0.257. The van der Waals surface area contributed by atoms with E-state index >= 15 is 0 Å². The molecular formula is C15H22N4O. The van der Waals surface area contributed by atoms with Crippen molar-refractivity contribution in [2.24, 2.45) is 0 Å². The molecule has 1 atom stereocenters. The summed E-state index contributed by atoms with van der Waals surface area (Å²) >= 11 is 0. The van der Waals surface area contributed by atoms with Crippen LogP contribution in [-0.2, 0) is 4.74 Å². The van der Waals surface area contributed by atoms with Crippen molar-refractivity contribution >= 4 is 22.7 Å². The van der Waals surface area contributed by atoms with Gasteiger partial charge in [-0.15, -0.1) is 0 Å². The summed E-state index contributed by atoms with van der Waals surface area (Å²) in [6.07, 6.45) is 0. The Hall–Kier alpha value is -1.88. The molecule has 1 N–H and O–H groups in total. The minimum Gasteiger partial charge on any atom is -0.383 e. The van der Waals surface area contributed by atoms with Crippen LogP contribution >= 0.6 is 0 Å². The molecule has 2 aromatic rings. The molecule has 20 heavy (non-hydrogen) atoms. The van der Waals surface area contributed by atoms with Crippen molar-refractivity contribution in [2.75, 3.05) is 37.5 Å². The molecule has 0 saturated heterocycles. The standard InChI is InChI=1S/C15H22N4O/c1-5-19(11(2)10-20-4)14-12-8-6-7-9-13(12)17-15(16-3)18-14/h6-9,11H,5,10H2,1-4H3,(H,16,17,18). The number of nitrogens with zero attached hydrogens (tertiary/aromatic N) is 3. The summed E-state index contributed by atoms with van der Waals surface area (Å²) in [5, 5.41) is 4.10. The molecule has 0 radical (unpaired) electrons. The normalized spacial score (nSPS) is 12.4. The van der Waals surface area contributed by atoms with Gasteiger partial charge in [0, 0.05) is 26.1 Å². The smallest absolute Gasteiger partial charge is 0.224 e. The number of rotatable bonds is 6.